The minimum atomic E-state index is 0.304. The number of benzene rings is 3. The molecule has 0 spiro atoms. The van der Waals surface area contributed by atoms with Crippen LogP contribution in [0.4, 0.5) is 0 Å². The maximum atomic E-state index is 13.0. The van der Waals surface area contributed by atoms with Crippen molar-refractivity contribution < 1.29 is 4.79 Å². The van der Waals surface area contributed by atoms with Gasteiger partial charge in [-0.15, -0.1) is 0 Å². The summed E-state index contributed by atoms with van der Waals surface area (Å²) in [6.45, 7) is 11.7. The minimum Gasteiger partial charge on any atom is -0.299 e. The Morgan fingerprint density at radius 2 is 1.08 bits per heavy atom. The highest BCUT2D eigenvalue weighted by molar-refractivity contribution is 5.96. The van der Waals surface area contributed by atoms with E-state index in [4.69, 9.17) is 0 Å². The summed E-state index contributed by atoms with van der Waals surface area (Å²) in [5.74, 6) is 0.812. The van der Waals surface area contributed by atoms with Crippen molar-refractivity contribution in [2.24, 2.45) is 5.92 Å². The highest BCUT2D eigenvalue weighted by Crippen LogP contribution is 2.24. The molecule has 4 nitrogen and oxygen atoms in total. The second kappa shape index (κ2) is 12.6. The van der Waals surface area contributed by atoms with E-state index in [1.165, 1.54) is 22.3 Å². The van der Waals surface area contributed by atoms with Gasteiger partial charge in [0.05, 0.1) is 0 Å². The van der Waals surface area contributed by atoms with Gasteiger partial charge in [0.1, 0.15) is 0 Å². The number of rotatable bonds is 9. The highest BCUT2D eigenvalue weighted by atomic mass is 16.1. The summed E-state index contributed by atoms with van der Waals surface area (Å²) in [4.78, 5) is 20.6. The van der Waals surface area contributed by atoms with Crippen LogP contribution < -0.4 is 0 Å². The van der Waals surface area contributed by atoms with Crippen LogP contribution in [0, 0.1) is 12.8 Å². The van der Waals surface area contributed by atoms with Crippen LogP contribution in [0.5, 0.6) is 0 Å². The molecule has 0 aliphatic carbocycles. The summed E-state index contributed by atoms with van der Waals surface area (Å²) >= 11 is 0. The number of piperidine rings is 1. The Hall–Kier alpha value is -2.79. The molecular weight excluding hydrogens is 454 g/mol. The zero-order chi connectivity index (χ0) is 25.5. The number of aryl methyl sites for hydroxylation is 1. The molecule has 0 aromatic heterocycles. The van der Waals surface area contributed by atoms with E-state index in [0.29, 0.717) is 18.1 Å². The molecule has 3 aromatic carbocycles. The van der Waals surface area contributed by atoms with Gasteiger partial charge in [-0.2, -0.15) is 0 Å². The molecule has 2 fully saturated rings. The Morgan fingerprint density at radius 3 is 1.62 bits per heavy atom. The van der Waals surface area contributed by atoms with Crippen molar-refractivity contribution in [2.45, 2.75) is 45.8 Å². The fourth-order valence-corrected chi connectivity index (χ4v) is 5.68. The smallest absolute Gasteiger partial charge is 0.163 e. The third kappa shape index (κ3) is 7.61. The van der Waals surface area contributed by atoms with E-state index in [2.05, 4.69) is 100 Å². The summed E-state index contributed by atoms with van der Waals surface area (Å²) in [5.41, 5.74) is 6.26. The maximum absolute atomic E-state index is 13.0. The Kier molecular flexibility index (Phi) is 8.83. The predicted molar refractivity (Wildman–Crippen MR) is 152 cm³/mol. The quantitative estimate of drug-likeness (QED) is 0.351. The number of Topliss-reactive ketones (excluding diaryl/α,β-unsaturated/α-hetero) is 1. The fourth-order valence-electron chi connectivity index (χ4n) is 5.68. The third-order valence-corrected chi connectivity index (χ3v) is 8.10. The first-order chi connectivity index (χ1) is 18.1. The fraction of sp³-hybridized carbons (Fsp3) is 0.424. The largest absolute Gasteiger partial charge is 0.299 e. The zero-order valence-electron chi connectivity index (χ0n) is 22.3. The van der Waals surface area contributed by atoms with E-state index >= 15 is 0 Å². The van der Waals surface area contributed by atoms with E-state index < -0.39 is 0 Å². The lowest BCUT2D eigenvalue weighted by atomic mass is 9.89. The summed E-state index contributed by atoms with van der Waals surface area (Å²) in [5, 5.41) is 0. The molecule has 0 unspecified atom stereocenters. The molecule has 5 rings (SSSR count). The second-order valence-corrected chi connectivity index (χ2v) is 11.1. The summed E-state index contributed by atoms with van der Waals surface area (Å²) in [7, 11) is 0. The molecule has 2 aliphatic rings. The molecule has 4 heteroatoms. The maximum Gasteiger partial charge on any atom is 0.163 e. The normalized spacial score (nSPS) is 18.2. The molecule has 0 bridgehead atoms. The molecular formula is C33H41N3O. The second-order valence-electron chi connectivity index (χ2n) is 11.1. The van der Waals surface area contributed by atoms with E-state index in [0.717, 1.165) is 77.3 Å². The number of nitrogens with zero attached hydrogens (tertiary/aromatic N) is 3. The molecule has 2 saturated heterocycles. The van der Waals surface area contributed by atoms with Gasteiger partial charge in [-0.05, 0) is 55.5 Å². The SMILES string of the molecule is Cc1ccc(CN2CCC(CC(=O)c3ccc(CN4CCN(Cc5ccccc5)CC4)cc3)CC2)cc1. The van der Waals surface area contributed by atoms with Crippen LogP contribution in [0.1, 0.15) is 51.9 Å². The van der Waals surface area contributed by atoms with Crippen molar-refractivity contribution in [3.8, 4) is 0 Å². The number of likely N-dealkylation sites (tertiary alicyclic amines) is 1. The third-order valence-electron chi connectivity index (χ3n) is 8.10. The molecule has 37 heavy (non-hydrogen) atoms. The lowest BCUT2D eigenvalue weighted by Crippen LogP contribution is -2.45. The number of hydrogen-bond donors (Lipinski definition) is 0. The van der Waals surface area contributed by atoms with Crippen LogP contribution in [-0.4, -0.2) is 59.8 Å². The van der Waals surface area contributed by atoms with Crippen molar-refractivity contribution >= 4 is 5.78 Å². The van der Waals surface area contributed by atoms with Crippen LogP contribution in [0.25, 0.3) is 0 Å². The lowest BCUT2D eigenvalue weighted by molar-refractivity contribution is 0.0925. The average Bonchev–Trinajstić information content (AvgIpc) is 2.93. The van der Waals surface area contributed by atoms with E-state index in [1.807, 2.05) is 0 Å². The van der Waals surface area contributed by atoms with Crippen LogP contribution in [0.2, 0.25) is 0 Å². The molecule has 0 N–H and O–H groups in total. The first kappa shape index (κ1) is 25.8. The standard InChI is InChI=1S/C33H41N3O/c1-27-7-9-30(10-8-27)25-34-17-15-28(16-18-34)23-33(37)32-13-11-31(12-14-32)26-36-21-19-35(20-22-36)24-29-5-3-2-4-6-29/h2-14,28H,15-26H2,1H3. The van der Waals surface area contributed by atoms with Gasteiger partial charge in [0, 0.05) is 57.8 Å². The summed E-state index contributed by atoms with van der Waals surface area (Å²) in [6, 6.07) is 28.0. The molecule has 0 atom stereocenters. The van der Waals surface area contributed by atoms with Crippen LogP contribution in [0.3, 0.4) is 0 Å². The Labute approximate surface area is 222 Å². The molecule has 3 aromatic rings. The van der Waals surface area contributed by atoms with Crippen LogP contribution in [-0.2, 0) is 19.6 Å². The molecule has 2 heterocycles. The summed E-state index contributed by atoms with van der Waals surface area (Å²) < 4.78 is 0. The zero-order valence-corrected chi connectivity index (χ0v) is 22.3. The molecule has 0 amide bonds. The summed E-state index contributed by atoms with van der Waals surface area (Å²) in [6.07, 6.45) is 2.92. The van der Waals surface area contributed by atoms with Crippen LogP contribution in [0.15, 0.2) is 78.9 Å². The van der Waals surface area contributed by atoms with Gasteiger partial charge in [0.2, 0.25) is 0 Å². The number of carbonyl (C=O) groups is 1. The van der Waals surface area contributed by atoms with E-state index in [9.17, 15) is 4.79 Å². The Morgan fingerprint density at radius 1 is 0.622 bits per heavy atom. The monoisotopic (exact) mass is 495 g/mol. The van der Waals surface area contributed by atoms with E-state index in [-0.39, 0.29) is 0 Å². The molecule has 0 radical (unpaired) electrons. The van der Waals surface area contributed by atoms with Crippen molar-refractivity contribution in [1.82, 2.24) is 14.7 Å². The van der Waals surface area contributed by atoms with Gasteiger partial charge in [-0.25, -0.2) is 0 Å². The minimum absolute atomic E-state index is 0.304. The first-order valence-electron chi connectivity index (χ1n) is 14.0. The Balaban J connectivity index is 1.02. The van der Waals surface area contributed by atoms with Crippen molar-refractivity contribution in [2.75, 3.05) is 39.3 Å². The first-order valence-corrected chi connectivity index (χ1v) is 14.0. The van der Waals surface area contributed by atoms with Gasteiger partial charge in [0.25, 0.3) is 0 Å². The van der Waals surface area contributed by atoms with Crippen molar-refractivity contribution in [3.05, 3.63) is 107 Å². The Bertz CT molecular complexity index is 1110. The highest BCUT2D eigenvalue weighted by Gasteiger charge is 2.22. The van der Waals surface area contributed by atoms with Gasteiger partial charge in [-0.3, -0.25) is 19.5 Å². The molecule has 2 aliphatic heterocycles. The molecule has 0 saturated carbocycles. The van der Waals surface area contributed by atoms with Gasteiger partial charge in [0.15, 0.2) is 5.78 Å². The average molecular weight is 496 g/mol. The topological polar surface area (TPSA) is 26.8 Å². The van der Waals surface area contributed by atoms with Gasteiger partial charge >= 0.3 is 0 Å². The predicted octanol–water partition coefficient (Wildman–Crippen LogP) is 5.80. The van der Waals surface area contributed by atoms with Crippen molar-refractivity contribution in [3.63, 3.8) is 0 Å². The van der Waals surface area contributed by atoms with Crippen LogP contribution >= 0.6 is 0 Å². The van der Waals surface area contributed by atoms with E-state index in [1.54, 1.807) is 0 Å². The number of ketones is 1. The number of hydrogen-bond acceptors (Lipinski definition) is 4. The molecule has 194 valence electrons. The van der Waals surface area contributed by atoms with Gasteiger partial charge < -0.3 is 0 Å². The number of carbonyl (C=O) groups excluding carboxylic acids is 1. The van der Waals surface area contributed by atoms with Crippen molar-refractivity contribution in [1.29, 1.82) is 0 Å². The number of piperazine rings is 1. The van der Waals surface area contributed by atoms with Gasteiger partial charge in [-0.1, -0.05) is 84.4 Å². The lowest BCUT2D eigenvalue weighted by Gasteiger charge is -2.34.